The summed E-state index contributed by atoms with van der Waals surface area (Å²) in [6, 6.07) is 15.5. The lowest BCUT2D eigenvalue weighted by atomic mass is 10.1. The number of nitrogens with one attached hydrogen (secondary N) is 2. The second-order valence-corrected chi connectivity index (χ2v) is 8.60. The molecule has 0 aliphatic carbocycles. The minimum atomic E-state index is -0.288. The summed E-state index contributed by atoms with van der Waals surface area (Å²) >= 11 is 2.79. The zero-order valence-corrected chi connectivity index (χ0v) is 17.6. The fraction of sp³-hybridized carbons (Fsp3) is 0.250. The molecule has 3 rings (SSSR count). The van der Waals surface area contributed by atoms with Crippen molar-refractivity contribution < 1.29 is 9.53 Å². The van der Waals surface area contributed by atoms with Crippen molar-refractivity contribution in [1.29, 1.82) is 0 Å². The van der Waals surface area contributed by atoms with Crippen LogP contribution in [0.2, 0.25) is 0 Å². The SMILES string of the molecule is CCc1ccc(NC(=O)C(C)Sc2nnc(Nc3cccc(OC)c3)s2)cc1. The number of carbonyl (C=O) groups excluding carboxylic acids is 1. The van der Waals surface area contributed by atoms with Crippen LogP contribution in [0.1, 0.15) is 19.4 Å². The van der Waals surface area contributed by atoms with Crippen LogP contribution >= 0.6 is 23.1 Å². The monoisotopic (exact) mass is 414 g/mol. The molecule has 1 amide bonds. The topological polar surface area (TPSA) is 76.1 Å². The van der Waals surface area contributed by atoms with E-state index in [2.05, 4.69) is 27.8 Å². The summed E-state index contributed by atoms with van der Waals surface area (Å²) in [6.07, 6.45) is 0.976. The molecule has 0 saturated heterocycles. The van der Waals surface area contributed by atoms with Gasteiger partial charge in [0.2, 0.25) is 11.0 Å². The first-order chi connectivity index (χ1) is 13.6. The van der Waals surface area contributed by atoms with E-state index in [0.717, 1.165) is 27.9 Å². The average molecular weight is 415 g/mol. The molecule has 146 valence electrons. The first-order valence-corrected chi connectivity index (χ1v) is 10.6. The summed E-state index contributed by atoms with van der Waals surface area (Å²) in [4.78, 5) is 12.4. The van der Waals surface area contributed by atoms with E-state index in [9.17, 15) is 4.79 Å². The summed E-state index contributed by atoms with van der Waals surface area (Å²) in [5, 5.41) is 14.8. The number of aryl methyl sites for hydroxylation is 1. The Labute approximate surface area is 172 Å². The molecule has 0 spiro atoms. The molecule has 1 atom stereocenters. The Balaban J connectivity index is 1.56. The zero-order chi connectivity index (χ0) is 19.9. The standard InChI is InChI=1S/C20H22N4O2S2/c1-4-14-8-10-15(11-9-14)21-18(25)13(2)27-20-24-23-19(28-20)22-16-6-5-7-17(12-16)26-3/h5-13H,4H2,1-3H3,(H,21,25)(H,22,23). The molecular weight excluding hydrogens is 392 g/mol. The number of anilines is 3. The van der Waals surface area contributed by atoms with E-state index >= 15 is 0 Å². The van der Waals surface area contributed by atoms with Crippen LogP contribution in [0.4, 0.5) is 16.5 Å². The summed E-state index contributed by atoms with van der Waals surface area (Å²) in [5.74, 6) is 0.702. The largest absolute Gasteiger partial charge is 0.497 e. The van der Waals surface area contributed by atoms with E-state index in [1.54, 1.807) is 7.11 Å². The fourth-order valence-corrected chi connectivity index (χ4v) is 4.32. The minimum Gasteiger partial charge on any atom is -0.497 e. The van der Waals surface area contributed by atoms with Gasteiger partial charge in [0, 0.05) is 17.4 Å². The van der Waals surface area contributed by atoms with Gasteiger partial charge in [-0.3, -0.25) is 4.79 Å². The Morgan fingerprint density at radius 2 is 1.96 bits per heavy atom. The second kappa shape index (κ2) is 9.57. The van der Waals surface area contributed by atoms with Gasteiger partial charge in [0.15, 0.2) is 4.34 Å². The third kappa shape index (κ3) is 5.46. The summed E-state index contributed by atoms with van der Waals surface area (Å²) in [6.45, 7) is 3.96. The highest BCUT2D eigenvalue weighted by Crippen LogP contribution is 2.31. The molecule has 0 aliphatic heterocycles. The van der Waals surface area contributed by atoms with Gasteiger partial charge in [-0.15, -0.1) is 10.2 Å². The van der Waals surface area contributed by atoms with Crippen molar-refractivity contribution in [2.24, 2.45) is 0 Å². The van der Waals surface area contributed by atoms with Gasteiger partial charge in [0.1, 0.15) is 5.75 Å². The predicted octanol–water partition coefficient (Wildman–Crippen LogP) is 4.97. The van der Waals surface area contributed by atoms with Crippen molar-refractivity contribution in [3.8, 4) is 5.75 Å². The molecule has 2 N–H and O–H groups in total. The van der Waals surface area contributed by atoms with E-state index in [1.807, 2.05) is 55.5 Å². The Hall–Kier alpha value is -2.58. The van der Waals surface area contributed by atoms with Crippen molar-refractivity contribution in [3.05, 3.63) is 54.1 Å². The van der Waals surface area contributed by atoms with Gasteiger partial charge in [-0.25, -0.2) is 0 Å². The normalized spacial score (nSPS) is 11.7. The predicted molar refractivity (Wildman–Crippen MR) is 116 cm³/mol. The van der Waals surface area contributed by atoms with E-state index in [-0.39, 0.29) is 11.2 Å². The van der Waals surface area contributed by atoms with E-state index in [1.165, 1.54) is 28.7 Å². The molecule has 0 fully saturated rings. The second-order valence-electron chi connectivity index (χ2n) is 6.03. The highest BCUT2D eigenvalue weighted by atomic mass is 32.2. The number of methoxy groups -OCH3 is 1. The van der Waals surface area contributed by atoms with Crippen LogP contribution in [0.5, 0.6) is 5.75 Å². The molecule has 0 bridgehead atoms. The van der Waals surface area contributed by atoms with Gasteiger partial charge in [0.25, 0.3) is 0 Å². The number of ether oxygens (including phenoxy) is 1. The number of nitrogens with zero attached hydrogens (tertiary/aromatic N) is 2. The van der Waals surface area contributed by atoms with Crippen LogP contribution in [0.3, 0.4) is 0 Å². The van der Waals surface area contributed by atoms with Crippen LogP contribution in [-0.2, 0) is 11.2 Å². The van der Waals surface area contributed by atoms with Gasteiger partial charge >= 0.3 is 0 Å². The summed E-state index contributed by atoms with van der Waals surface area (Å²) in [7, 11) is 1.63. The number of carbonyl (C=O) groups is 1. The van der Waals surface area contributed by atoms with Crippen LogP contribution in [0, 0.1) is 0 Å². The van der Waals surface area contributed by atoms with Crippen LogP contribution in [0.15, 0.2) is 52.9 Å². The Morgan fingerprint density at radius 1 is 1.18 bits per heavy atom. The minimum absolute atomic E-state index is 0.0632. The molecule has 0 aliphatic rings. The van der Waals surface area contributed by atoms with Crippen LogP contribution in [0.25, 0.3) is 0 Å². The lowest BCUT2D eigenvalue weighted by molar-refractivity contribution is -0.115. The number of hydrogen-bond acceptors (Lipinski definition) is 7. The number of thioether (sulfide) groups is 1. The van der Waals surface area contributed by atoms with Crippen LogP contribution < -0.4 is 15.4 Å². The molecule has 1 heterocycles. The van der Waals surface area contributed by atoms with Crippen molar-refractivity contribution in [1.82, 2.24) is 10.2 Å². The summed E-state index contributed by atoms with van der Waals surface area (Å²) < 4.78 is 5.95. The van der Waals surface area contributed by atoms with Gasteiger partial charge in [-0.2, -0.15) is 0 Å². The lowest BCUT2D eigenvalue weighted by Gasteiger charge is -2.10. The number of benzene rings is 2. The molecule has 8 heteroatoms. The van der Waals surface area contributed by atoms with Crippen molar-refractivity contribution >= 4 is 45.5 Å². The molecule has 28 heavy (non-hydrogen) atoms. The number of hydrogen-bond donors (Lipinski definition) is 2. The average Bonchev–Trinajstić information content (AvgIpc) is 3.15. The van der Waals surface area contributed by atoms with E-state index < -0.39 is 0 Å². The van der Waals surface area contributed by atoms with Gasteiger partial charge in [0.05, 0.1) is 12.4 Å². The van der Waals surface area contributed by atoms with Crippen molar-refractivity contribution in [2.75, 3.05) is 17.7 Å². The molecule has 0 saturated carbocycles. The Morgan fingerprint density at radius 3 is 2.68 bits per heavy atom. The van der Waals surface area contributed by atoms with Gasteiger partial charge in [-0.1, -0.05) is 48.2 Å². The van der Waals surface area contributed by atoms with Gasteiger partial charge in [-0.05, 0) is 43.2 Å². The Bertz CT molecular complexity index is 928. The molecule has 6 nitrogen and oxygen atoms in total. The maximum atomic E-state index is 12.4. The highest BCUT2D eigenvalue weighted by Gasteiger charge is 2.17. The molecular formula is C20H22N4O2S2. The van der Waals surface area contributed by atoms with E-state index in [0.29, 0.717) is 5.13 Å². The number of aromatic nitrogens is 2. The molecule has 0 radical (unpaired) electrons. The fourth-order valence-electron chi connectivity index (χ4n) is 2.40. The maximum absolute atomic E-state index is 12.4. The van der Waals surface area contributed by atoms with Crippen molar-refractivity contribution in [2.45, 2.75) is 29.9 Å². The smallest absolute Gasteiger partial charge is 0.237 e. The zero-order valence-electron chi connectivity index (χ0n) is 15.9. The van der Waals surface area contributed by atoms with E-state index in [4.69, 9.17) is 4.74 Å². The molecule has 2 aromatic carbocycles. The van der Waals surface area contributed by atoms with Crippen molar-refractivity contribution in [3.63, 3.8) is 0 Å². The highest BCUT2D eigenvalue weighted by molar-refractivity contribution is 8.02. The third-order valence-electron chi connectivity index (χ3n) is 4.00. The van der Waals surface area contributed by atoms with Crippen LogP contribution in [-0.4, -0.2) is 28.5 Å². The third-order valence-corrected chi connectivity index (χ3v) is 6.03. The molecule has 1 aromatic heterocycles. The maximum Gasteiger partial charge on any atom is 0.237 e. The number of amides is 1. The quantitative estimate of drug-likeness (QED) is 0.507. The first kappa shape index (κ1) is 20.2. The first-order valence-electron chi connectivity index (χ1n) is 8.88. The Kier molecular flexibility index (Phi) is 6.89. The molecule has 3 aromatic rings. The van der Waals surface area contributed by atoms with Gasteiger partial charge < -0.3 is 15.4 Å². The number of rotatable bonds is 8. The molecule has 1 unspecified atom stereocenters. The summed E-state index contributed by atoms with van der Waals surface area (Å²) in [5.41, 5.74) is 2.91. The lowest BCUT2D eigenvalue weighted by Crippen LogP contribution is -2.22.